The molecule has 1 saturated heterocycles. The first-order valence-electron chi connectivity index (χ1n) is 6.23. The van der Waals surface area contributed by atoms with Crippen LogP contribution in [0.2, 0.25) is 0 Å². The van der Waals surface area contributed by atoms with Crippen LogP contribution in [0, 0.1) is 0 Å². The second-order valence-electron chi connectivity index (χ2n) is 4.71. The van der Waals surface area contributed by atoms with Crippen LogP contribution in [0.5, 0.6) is 0 Å². The molecule has 0 aliphatic carbocycles. The molecule has 2 N–H and O–H groups in total. The van der Waals surface area contributed by atoms with E-state index in [-0.39, 0.29) is 0 Å². The van der Waals surface area contributed by atoms with E-state index in [2.05, 4.69) is 21.8 Å². The lowest BCUT2D eigenvalue weighted by Gasteiger charge is -2.20. The number of rotatable bonds is 6. The topological polar surface area (TPSA) is 59.3 Å². The minimum absolute atomic E-state index is 0.439. The summed E-state index contributed by atoms with van der Waals surface area (Å²) in [6, 6.07) is 0. The summed E-state index contributed by atoms with van der Waals surface area (Å²) >= 11 is 0. The second-order valence-corrected chi connectivity index (χ2v) is 4.71. The Balaban J connectivity index is 1.79. The lowest BCUT2D eigenvalue weighted by Crippen LogP contribution is -2.41. The van der Waals surface area contributed by atoms with Crippen molar-refractivity contribution in [1.29, 1.82) is 0 Å². The Morgan fingerprint density at radius 1 is 1.65 bits per heavy atom. The molecular formula is C12H21N3O2. The molecule has 1 atom stereocenters. The van der Waals surface area contributed by atoms with Gasteiger partial charge in [-0.05, 0) is 6.42 Å². The van der Waals surface area contributed by atoms with Crippen LogP contribution in [-0.2, 0) is 17.8 Å². The van der Waals surface area contributed by atoms with Crippen LogP contribution < -0.4 is 5.32 Å². The average Bonchev–Trinajstić information content (AvgIpc) is 2.90. The van der Waals surface area contributed by atoms with E-state index in [0.717, 1.165) is 25.2 Å². The molecule has 0 saturated carbocycles. The van der Waals surface area contributed by atoms with Crippen molar-refractivity contribution in [3.63, 3.8) is 0 Å². The predicted molar refractivity (Wildman–Crippen MR) is 64.6 cm³/mol. The summed E-state index contributed by atoms with van der Waals surface area (Å²) in [6.45, 7) is 5.55. The molecule has 0 bridgehead atoms. The Morgan fingerprint density at radius 2 is 2.53 bits per heavy atom. The van der Waals surface area contributed by atoms with E-state index in [9.17, 15) is 5.11 Å². The number of aromatic nitrogens is 2. The van der Waals surface area contributed by atoms with Crippen LogP contribution in [0.3, 0.4) is 0 Å². The van der Waals surface area contributed by atoms with Gasteiger partial charge in [-0.3, -0.25) is 0 Å². The van der Waals surface area contributed by atoms with E-state index < -0.39 is 5.60 Å². The highest BCUT2D eigenvalue weighted by molar-refractivity contribution is 4.98. The first kappa shape index (κ1) is 12.5. The Kier molecular flexibility index (Phi) is 4.15. The van der Waals surface area contributed by atoms with Crippen LogP contribution in [0.4, 0.5) is 0 Å². The number of ether oxygens (including phenoxy) is 1. The zero-order valence-electron chi connectivity index (χ0n) is 10.4. The van der Waals surface area contributed by atoms with E-state index in [4.69, 9.17) is 4.74 Å². The third-order valence-electron chi connectivity index (χ3n) is 3.11. The van der Waals surface area contributed by atoms with Gasteiger partial charge in [-0.25, -0.2) is 4.98 Å². The molecule has 0 spiro atoms. The molecule has 5 nitrogen and oxygen atoms in total. The molecule has 2 heterocycles. The van der Waals surface area contributed by atoms with Gasteiger partial charge in [0.25, 0.3) is 0 Å². The van der Waals surface area contributed by atoms with Gasteiger partial charge in [0.2, 0.25) is 0 Å². The molecule has 0 radical (unpaired) electrons. The zero-order chi connectivity index (χ0) is 12.1. The van der Waals surface area contributed by atoms with Gasteiger partial charge in [-0.15, -0.1) is 0 Å². The maximum atomic E-state index is 10.1. The maximum Gasteiger partial charge on any atom is 0.103 e. The van der Waals surface area contributed by atoms with Gasteiger partial charge >= 0.3 is 0 Å². The molecule has 1 unspecified atom stereocenters. The molecule has 5 heteroatoms. The number of nitrogens with zero attached hydrogens (tertiary/aromatic N) is 2. The van der Waals surface area contributed by atoms with Crippen molar-refractivity contribution in [2.24, 2.45) is 0 Å². The molecule has 96 valence electrons. The van der Waals surface area contributed by atoms with Gasteiger partial charge < -0.3 is 19.7 Å². The molecule has 0 amide bonds. The lowest BCUT2D eigenvalue weighted by molar-refractivity contribution is 0.0267. The van der Waals surface area contributed by atoms with Crippen LogP contribution in [0.25, 0.3) is 0 Å². The van der Waals surface area contributed by atoms with E-state index >= 15 is 0 Å². The van der Waals surface area contributed by atoms with Crippen molar-refractivity contribution in [3.8, 4) is 0 Å². The minimum Gasteiger partial charge on any atom is -0.386 e. The summed E-state index contributed by atoms with van der Waals surface area (Å²) in [4.78, 5) is 4.14. The van der Waals surface area contributed by atoms with Crippen molar-refractivity contribution < 1.29 is 9.84 Å². The van der Waals surface area contributed by atoms with Crippen molar-refractivity contribution in [2.75, 3.05) is 19.8 Å². The van der Waals surface area contributed by atoms with Crippen LogP contribution in [0.15, 0.2) is 12.5 Å². The standard InChI is InChI=1S/C12H21N3O2/c1-2-4-15-10-14-7-11(15)6-13-8-12(16)3-5-17-9-12/h7,10,13,16H,2-6,8-9H2,1H3. The molecule has 2 rings (SSSR count). The van der Waals surface area contributed by atoms with Crippen LogP contribution in [0.1, 0.15) is 25.5 Å². The fraction of sp³-hybridized carbons (Fsp3) is 0.750. The third-order valence-corrected chi connectivity index (χ3v) is 3.11. The van der Waals surface area contributed by atoms with Crippen molar-refractivity contribution >= 4 is 0 Å². The van der Waals surface area contributed by atoms with Gasteiger partial charge in [0.05, 0.1) is 18.6 Å². The minimum atomic E-state index is -0.685. The number of aryl methyl sites for hydroxylation is 1. The molecule has 0 aromatic carbocycles. The number of aliphatic hydroxyl groups is 1. The van der Waals surface area contributed by atoms with Crippen molar-refractivity contribution in [2.45, 2.75) is 38.5 Å². The second kappa shape index (κ2) is 5.62. The highest BCUT2D eigenvalue weighted by atomic mass is 16.5. The largest absolute Gasteiger partial charge is 0.386 e. The number of nitrogens with one attached hydrogen (secondary N) is 1. The Hall–Kier alpha value is -0.910. The van der Waals surface area contributed by atoms with Crippen molar-refractivity contribution in [3.05, 3.63) is 18.2 Å². The predicted octanol–water partition coefficient (Wildman–Crippen LogP) is 0.534. The molecule has 1 aromatic rings. The maximum absolute atomic E-state index is 10.1. The van der Waals surface area contributed by atoms with Gasteiger partial charge in [0.1, 0.15) is 5.60 Å². The average molecular weight is 239 g/mol. The molecule has 1 fully saturated rings. The van der Waals surface area contributed by atoms with E-state index in [0.29, 0.717) is 26.2 Å². The summed E-state index contributed by atoms with van der Waals surface area (Å²) in [7, 11) is 0. The smallest absolute Gasteiger partial charge is 0.103 e. The normalized spacial score (nSPS) is 24.4. The Morgan fingerprint density at radius 3 is 3.24 bits per heavy atom. The van der Waals surface area contributed by atoms with Gasteiger partial charge in [0.15, 0.2) is 0 Å². The fourth-order valence-electron chi connectivity index (χ4n) is 2.10. The fourth-order valence-corrected chi connectivity index (χ4v) is 2.10. The van der Waals surface area contributed by atoms with Gasteiger partial charge in [0, 0.05) is 38.9 Å². The third kappa shape index (κ3) is 3.28. The quantitative estimate of drug-likeness (QED) is 0.760. The Labute approximate surface area is 102 Å². The SMILES string of the molecule is CCCn1cncc1CNCC1(O)CCOC1. The van der Waals surface area contributed by atoms with Gasteiger partial charge in [-0.1, -0.05) is 6.92 Å². The highest BCUT2D eigenvalue weighted by Gasteiger charge is 2.31. The molecule has 17 heavy (non-hydrogen) atoms. The molecule has 1 aliphatic heterocycles. The number of imidazole rings is 1. The summed E-state index contributed by atoms with van der Waals surface area (Å²) in [5, 5.41) is 13.4. The lowest BCUT2D eigenvalue weighted by atomic mass is 10.0. The van der Waals surface area contributed by atoms with Gasteiger partial charge in [-0.2, -0.15) is 0 Å². The summed E-state index contributed by atoms with van der Waals surface area (Å²) in [5.41, 5.74) is 0.477. The highest BCUT2D eigenvalue weighted by Crippen LogP contribution is 2.17. The molecule has 1 aromatic heterocycles. The summed E-state index contributed by atoms with van der Waals surface area (Å²) < 4.78 is 7.34. The number of hydrogen-bond donors (Lipinski definition) is 2. The van der Waals surface area contributed by atoms with Crippen molar-refractivity contribution in [1.82, 2.24) is 14.9 Å². The summed E-state index contributed by atoms with van der Waals surface area (Å²) in [5.74, 6) is 0. The van der Waals surface area contributed by atoms with Crippen LogP contribution >= 0.6 is 0 Å². The molecule has 1 aliphatic rings. The van der Waals surface area contributed by atoms with E-state index in [1.807, 2.05) is 12.5 Å². The van der Waals surface area contributed by atoms with E-state index in [1.165, 1.54) is 0 Å². The first-order valence-corrected chi connectivity index (χ1v) is 6.23. The monoisotopic (exact) mass is 239 g/mol. The zero-order valence-corrected chi connectivity index (χ0v) is 10.4. The number of hydrogen-bond acceptors (Lipinski definition) is 4. The first-order chi connectivity index (χ1) is 8.23. The van der Waals surface area contributed by atoms with E-state index in [1.54, 1.807) is 0 Å². The molecular weight excluding hydrogens is 218 g/mol. The Bertz CT molecular complexity index is 345. The summed E-state index contributed by atoms with van der Waals surface area (Å²) in [6.07, 6.45) is 5.54. The van der Waals surface area contributed by atoms with Crippen LogP contribution in [-0.4, -0.2) is 40.0 Å².